The normalized spacial score (nSPS) is 10.7. The molecule has 2 heterocycles. The Morgan fingerprint density at radius 1 is 1.16 bits per heavy atom. The van der Waals surface area contributed by atoms with Gasteiger partial charge >= 0.3 is 0 Å². The van der Waals surface area contributed by atoms with Crippen LogP contribution in [0.5, 0.6) is 0 Å². The van der Waals surface area contributed by atoms with Gasteiger partial charge in [0.05, 0.1) is 17.0 Å². The van der Waals surface area contributed by atoms with Crippen LogP contribution < -0.4 is 11.3 Å². The number of hydrogen-bond donors (Lipinski definition) is 1. The lowest BCUT2D eigenvalue weighted by Crippen LogP contribution is -2.26. The highest BCUT2D eigenvalue weighted by atomic mass is 35.5. The predicted octanol–water partition coefficient (Wildman–Crippen LogP) is 3.89. The number of Topliss-reactive ketones (excluding diaryl/α,β-unsaturated/α-hetero) is 1. The zero-order chi connectivity index (χ0) is 23.4. The van der Waals surface area contributed by atoms with E-state index in [1.807, 2.05) is 0 Å². The van der Waals surface area contributed by atoms with E-state index in [-0.39, 0.29) is 21.2 Å². The van der Waals surface area contributed by atoms with Crippen molar-refractivity contribution in [3.8, 4) is 11.8 Å². The molecular weight excluding hydrogens is 465 g/mol. The molecule has 164 valence electrons. The number of pyridine rings is 1. The average molecular weight is 479 g/mol. The van der Waals surface area contributed by atoms with E-state index in [1.54, 1.807) is 12.1 Å². The Morgan fingerprint density at radius 3 is 2.47 bits per heavy atom. The van der Waals surface area contributed by atoms with E-state index in [9.17, 15) is 27.6 Å². The molecule has 0 aliphatic heterocycles. The Bertz CT molecular complexity index is 1300. The Morgan fingerprint density at radius 2 is 1.84 bits per heavy atom. The molecular formula is C22H14ClF3N2O3S. The summed E-state index contributed by atoms with van der Waals surface area (Å²) < 4.78 is 39.8. The number of benzene rings is 1. The highest BCUT2D eigenvalue weighted by molar-refractivity contribution is 7.18. The summed E-state index contributed by atoms with van der Waals surface area (Å²) in [4.78, 5) is 35.6. The smallest absolute Gasteiger partial charge is 0.286 e. The van der Waals surface area contributed by atoms with Crippen molar-refractivity contribution >= 4 is 34.6 Å². The number of thiophene rings is 1. The van der Waals surface area contributed by atoms with E-state index in [0.717, 1.165) is 23.6 Å². The van der Waals surface area contributed by atoms with Crippen molar-refractivity contribution in [1.29, 1.82) is 0 Å². The minimum Gasteiger partial charge on any atom is -0.366 e. The highest BCUT2D eigenvalue weighted by Gasteiger charge is 2.16. The first kappa shape index (κ1) is 23.3. The Kier molecular flexibility index (Phi) is 7.18. The second-order valence-electron chi connectivity index (χ2n) is 6.63. The molecule has 32 heavy (non-hydrogen) atoms. The summed E-state index contributed by atoms with van der Waals surface area (Å²) in [7, 11) is 0. The first-order valence-corrected chi connectivity index (χ1v) is 10.2. The number of rotatable bonds is 6. The number of nitrogens with two attached hydrogens (primary N) is 1. The first-order chi connectivity index (χ1) is 15.1. The van der Waals surface area contributed by atoms with Crippen LogP contribution in [-0.4, -0.2) is 22.7 Å². The molecule has 0 atom stereocenters. The summed E-state index contributed by atoms with van der Waals surface area (Å²) in [5.41, 5.74) is 5.43. The standard InChI is InChI=1S/C22H14ClF3N2O3S/c23-20-15(6-3-12-1-4-14(5-2-12)21(27)30)9-18(32-20)17(29)8-13-7-16(24)22(31)28(10-13)11-19(25)26/h1-2,4-5,7,9-10,19H,8,11H2,(H2,27,30). The molecule has 3 rings (SSSR count). The lowest BCUT2D eigenvalue weighted by molar-refractivity contribution is 0.0989. The van der Waals surface area contributed by atoms with Gasteiger partial charge in [-0.25, -0.2) is 13.2 Å². The number of amides is 1. The summed E-state index contributed by atoms with van der Waals surface area (Å²) in [6.45, 7) is -0.969. The van der Waals surface area contributed by atoms with Gasteiger partial charge in [0, 0.05) is 23.7 Å². The van der Waals surface area contributed by atoms with Crippen molar-refractivity contribution < 1.29 is 22.8 Å². The molecule has 0 saturated heterocycles. The number of carbonyl (C=O) groups is 2. The van der Waals surface area contributed by atoms with Gasteiger partial charge in [-0.1, -0.05) is 23.4 Å². The van der Waals surface area contributed by atoms with E-state index in [4.69, 9.17) is 17.3 Å². The first-order valence-electron chi connectivity index (χ1n) is 9.05. The number of aromatic nitrogens is 1. The second kappa shape index (κ2) is 9.85. The summed E-state index contributed by atoms with van der Waals surface area (Å²) in [5.74, 6) is 3.49. The summed E-state index contributed by atoms with van der Waals surface area (Å²) in [6, 6.07) is 8.62. The SMILES string of the molecule is NC(=O)c1ccc(C#Cc2cc(C(=O)Cc3cc(F)c(=O)n(CC(F)F)c3)sc2Cl)cc1. The van der Waals surface area contributed by atoms with Crippen LogP contribution in [0.2, 0.25) is 4.34 Å². The molecule has 0 bridgehead atoms. The largest absolute Gasteiger partial charge is 0.366 e. The van der Waals surface area contributed by atoms with Crippen LogP contribution in [0.15, 0.2) is 47.4 Å². The predicted molar refractivity (Wildman–Crippen MR) is 115 cm³/mol. The van der Waals surface area contributed by atoms with Gasteiger partial charge in [0.25, 0.3) is 12.0 Å². The molecule has 10 heteroatoms. The number of alkyl halides is 2. The van der Waals surface area contributed by atoms with Crippen molar-refractivity contribution in [3.63, 3.8) is 0 Å². The van der Waals surface area contributed by atoms with Crippen LogP contribution >= 0.6 is 22.9 Å². The summed E-state index contributed by atoms with van der Waals surface area (Å²) >= 11 is 7.14. The maximum atomic E-state index is 13.8. The van der Waals surface area contributed by atoms with E-state index < -0.39 is 36.0 Å². The van der Waals surface area contributed by atoms with Crippen LogP contribution in [-0.2, 0) is 13.0 Å². The van der Waals surface area contributed by atoms with Gasteiger partial charge < -0.3 is 10.3 Å². The van der Waals surface area contributed by atoms with Crippen LogP contribution in [0, 0.1) is 17.7 Å². The van der Waals surface area contributed by atoms with Crippen LogP contribution in [0.25, 0.3) is 0 Å². The minimum absolute atomic E-state index is 0.0828. The molecule has 0 saturated carbocycles. The molecule has 0 radical (unpaired) electrons. The number of nitrogens with zero attached hydrogens (tertiary/aromatic N) is 1. The fourth-order valence-electron chi connectivity index (χ4n) is 2.76. The Balaban J connectivity index is 1.79. The van der Waals surface area contributed by atoms with Crippen molar-refractivity contribution in [2.45, 2.75) is 19.4 Å². The van der Waals surface area contributed by atoms with Crippen molar-refractivity contribution in [2.24, 2.45) is 5.73 Å². The fourth-order valence-corrected chi connectivity index (χ4v) is 3.89. The zero-order valence-electron chi connectivity index (χ0n) is 16.2. The molecule has 0 fully saturated rings. The van der Waals surface area contributed by atoms with Gasteiger partial charge in [-0.15, -0.1) is 11.3 Å². The monoisotopic (exact) mass is 478 g/mol. The molecule has 1 aromatic carbocycles. The van der Waals surface area contributed by atoms with Crippen molar-refractivity contribution in [1.82, 2.24) is 4.57 Å². The molecule has 3 aromatic rings. The topological polar surface area (TPSA) is 82.2 Å². The number of primary amides is 1. The maximum Gasteiger partial charge on any atom is 0.286 e. The number of hydrogen-bond acceptors (Lipinski definition) is 4. The number of ketones is 1. The van der Waals surface area contributed by atoms with Crippen LogP contribution in [0.4, 0.5) is 13.2 Å². The quantitative estimate of drug-likeness (QED) is 0.431. The lowest BCUT2D eigenvalue weighted by Gasteiger charge is -2.08. The summed E-state index contributed by atoms with van der Waals surface area (Å²) in [5, 5.41) is 0. The lowest BCUT2D eigenvalue weighted by atomic mass is 10.1. The molecule has 0 aliphatic rings. The molecule has 2 N–H and O–H groups in total. The maximum absolute atomic E-state index is 13.8. The molecule has 0 unspecified atom stereocenters. The molecule has 5 nitrogen and oxygen atoms in total. The van der Waals surface area contributed by atoms with E-state index in [2.05, 4.69) is 11.8 Å². The van der Waals surface area contributed by atoms with Crippen molar-refractivity contribution in [3.05, 3.63) is 90.2 Å². The minimum atomic E-state index is -2.85. The van der Waals surface area contributed by atoms with E-state index in [1.165, 1.54) is 18.2 Å². The molecule has 1 amide bonds. The third kappa shape index (κ3) is 5.66. The number of carbonyl (C=O) groups excluding carboxylic acids is 2. The fraction of sp³-hybridized carbons (Fsp3) is 0.136. The number of halogens is 4. The Labute approximate surface area is 189 Å². The third-order valence-corrected chi connectivity index (χ3v) is 5.67. The third-order valence-electron chi connectivity index (χ3n) is 4.27. The highest BCUT2D eigenvalue weighted by Crippen LogP contribution is 2.28. The van der Waals surface area contributed by atoms with E-state index in [0.29, 0.717) is 21.3 Å². The molecule has 0 spiro atoms. The van der Waals surface area contributed by atoms with Gasteiger partial charge in [0.1, 0.15) is 4.34 Å². The van der Waals surface area contributed by atoms with Crippen LogP contribution in [0.3, 0.4) is 0 Å². The van der Waals surface area contributed by atoms with Crippen LogP contribution in [0.1, 0.15) is 36.7 Å². The van der Waals surface area contributed by atoms with Gasteiger partial charge in [0.15, 0.2) is 11.6 Å². The summed E-state index contributed by atoms with van der Waals surface area (Å²) in [6.07, 6.45) is -2.11. The van der Waals surface area contributed by atoms with Gasteiger partial charge in [-0.2, -0.15) is 0 Å². The average Bonchev–Trinajstić information content (AvgIpc) is 3.11. The van der Waals surface area contributed by atoms with Gasteiger partial charge in [-0.05, 0) is 42.0 Å². The molecule has 2 aromatic heterocycles. The zero-order valence-corrected chi connectivity index (χ0v) is 17.8. The molecule has 0 aliphatic carbocycles. The van der Waals surface area contributed by atoms with E-state index >= 15 is 0 Å². The van der Waals surface area contributed by atoms with Crippen molar-refractivity contribution in [2.75, 3.05) is 0 Å². The Hall–Kier alpha value is -3.35. The van der Waals surface area contributed by atoms with Gasteiger partial charge in [-0.3, -0.25) is 14.4 Å². The van der Waals surface area contributed by atoms with Gasteiger partial charge in [0.2, 0.25) is 5.91 Å². The second-order valence-corrected chi connectivity index (χ2v) is 8.29.